The molecule has 0 amide bonds. The summed E-state index contributed by atoms with van der Waals surface area (Å²) in [5.74, 6) is 5.52. The second-order valence-corrected chi connectivity index (χ2v) is 5.08. The molecule has 2 aromatic rings. The number of nitrogens with zero attached hydrogens (tertiary/aromatic N) is 3. The van der Waals surface area contributed by atoms with Crippen molar-refractivity contribution in [2.45, 2.75) is 13.8 Å². The third-order valence-electron chi connectivity index (χ3n) is 2.63. The first-order valence-corrected chi connectivity index (χ1v) is 6.65. The summed E-state index contributed by atoms with van der Waals surface area (Å²) >= 11 is 3.34. The summed E-state index contributed by atoms with van der Waals surface area (Å²) in [7, 11) is 0. The Balaban J connectivity index is 2.51. The van der Waals surface area contributed by atoms with Crippen LogP contribution in [0.5, 0.6) is 11.6 Å². The summed E-state index contributed by atoms with van der Waals surface area (Å²) in [6, 6.07) is 5.34. The SMILES string of the molecule is Cc1ccc(Oc2nc(NN)nc(C)c2[N+](=O)[O-])c(Br)c1. The normalized spacial score (nSPS) is 10.3. The second kappa shape index (κ2) is 6.02. The van der Waals surface area contributed by atoms with E-state index in [1.54, 1.807) is 6.07 Å². The van der Waals surface area contributed by atoms with Gasteiger partial charge in [-0.05, 0) is 47.5 Å². The van der Waals surface area contributed by atoms with E-state index in [-0.39, 0.29) is 23.2 Å². The molecule has 0 unspecified atom stereocenters. The van der Waals surface area contributed by atoms with Crippen LogP contribution < -0.4 is 16.0 Å². The molecule has 0 spiro atoms. The molecule has 0 saturated heterocycles. The number of anilines is 1. The molecule has 3 N–H and O–H groups in total. The van der Waals surface area contributed by atoms with Gasteiger partial charge in [0.25, 0.3) is 0 Å². The van der Waals surface area contributed by atoms with Crippen molar-refractivity contribution in [2.75, 3.05) is 5.43 Å². The molecule has 0 atom stereocenters. The molecule has 1 heterocycles. The minimum Gasteiger partial charge on any atom is -0.432 e. The maximum Gasteiger partial charge on any atom is 0.352 e. The van der Waals surface area contributed by atoms with Crippen molar-refractivity contribution in [3.63, 3.8) is 0 Å². The first kappa shape index (κ1) is 15.1. The maximum atomic E-state index is 11.2. The van der Waals surface area contributed by atoms with Crippen molar-refractivity contribution in [3.05, 3.63) is 44.0 Å². The lowest BCUT2D eigenvalue weighted by Crippen LogP contribution is -2.12. The monoisotopic (exact) mass is 353 g/mol. The third-order valence-corrected chi connectivity index (χ3v) is 3.25. The van der Waals surface area contributed by atoms with Crippen molar-refractivity contribution < 1.29 is 9.66 Å². The molecule has 1 aromatic heterocycles. The van der Waals surface area contributed by atoms with Crippen LogP contribution in [0.3, 0.4) is 0 Å². The van der Waals surface area contributed by atoms with Crippen LogP contribution in [0.4, 0.5) is 11.6 Å². The van der Waals surface area contributed by atoms with Gasteiger partial charge in [0, 0.05) is 0 Å². The van der Waals surface area contributed by atoms with Gasteiger partial charge in [0.05, 0.1) is 9.40 Å². The Morgan fingerprint density at radius 1 is 1.38 bits per heavy atom. The molecule has 0 aliphatic rings. The molecule has 2 rings (SSSR count). The number of ether oxygens (including phenoxy) is 1. The summed E-state index contributed by atoms with van der Waals surface area (Å²) in [5.41, 5.74) is 3.12. The number of aromatic nitrogens is 2. The van der Waals surface area contributed by atoms with Gasteiger partial charge in [-0.15, -0.1) is 0 Å². The van der Waals surface area contributed by atoms with Crippen LogP contribution in [0.1, 0.15) is 11.3 Å². The highest BCUT2D eigenvalue weighted by Crippen LogP contribution is 2.35. The van der Waals surface area contributed by atoms with E-state index in [9.17, 15) is 10.1 Å². The van der Waals surface area contributed by atoms with Crippen molar-refractivity contribution in [2.24, 2.45) is 5.84 Å². The number of hydrazine groups is 1. The molecule has 110 valence electrons. The van der Waals surface area contributed by atoms with Crippen molar-refractivity contribution >= 4 is 27.6 Å². The highest BCUT2D eigenvalue weighted by molar-refractivity contribution is 9.10. The Labute approximate surface area is 128 Å². The Morgan fingerprint density at radius 3 is 2.67 bits per heavy atom. The summed E-state index contributed by atoms with van der Waals surface area (Å²) in [6.45, 7) is 3.40. The van der Waals surface area contributed by atoms with Crippen molar-refractivity contribution in [3.8, 4) is 11.6 Å². The van der Waals surface area contributed by atoms with Gasteiger partial charge in [0.15, 0.2) is 0 Å². The average Bonchev–Trinajstić information content (AvgIpc) is 2.40. The molecule has 1 aromatic carbocycles. The van der Waals surface area contributed by atoms with E-state index in [0.29, 0.717) is 10.2 Å². The van der Waals surface area contributed by atoms with Gasteiger partial charge >= 0.3 is 11.6 Å². The van der Waals surface area contributed by atoms with E-state index in [1.165, 1.54) is 6.92 Å². The Morgan fingerprint density at radius 2 is 2.10 bits per heavy atom. The summed E-state index contributed by atoms with van der Waals surface area (Å²) in [4.78, 5) is 18.3. The number of nitrogens with one attached hydrogen (secondary N) is 1. The number of hydrogen-bond acceptors (Lipinski definition) is 7. The van der Waals surface area contributed by atoms with Gasteiger partial charge in [-0.3, -0.25) is 15.5 Å². The highest BCUT2D eigenvalue weighted by atomic mass is 79.9. The van der Waals surface area contributed by atoms with Gasteiger partial charge in [-0.1, -0.05) is 6.07 Å². The molecule has 0 fully saturated rings. The van der Waals surface area contributed by atoms with Gasteiger partial charge in [-0.2, -0.15) is 4.98 Å². The highest BCUT2D eigenvalue weighted by Gasteiger charge is 2.24. The predicted octanol–water partition coefficient (Wildman–Crippen LogP) is 2.84. The van der Waals surface area contributed by atoms with Crippen LogP contribution >= 0.6 is 15.9 Å². The minimum atomic E-state index is -0.590. The Kier molecular flexibility index (Phi) is 4.34. The van der Waals surface area contributed by atoms with E-state index in [0.717, 1.165) is 5.56 Å². The molecule has 0 aliphatic carbocycles. The molecule has 0 aliphatic heterocycles. The first-order chi connectivity index (χ1) is 9.92. The van der Waals surface area contributed by atoms with Gasteiger partial charge in [0.2, 0.25) is 5.95 Å². The van der Waals surface area contributed by atoms with Crippen LogP contribution in [-0.2, 0) is 0 Å². The molecular formula is C12H12BrN5O3. The van der Waals surface area contributed by atoms with Gasteiger partial charge in [-0.25, -0.2) is 10.8 Å². The van der Waals surface area contributed by atoms with Crippen LogP contribution in [0, 0.1) is 24.0 Å². The quantitative estimate of drug-likeness (QED) is 0.493. The number of nitrogens with two attached hydrogens (primary N) is 1. The lowest BCUT2D eigenvalue weighted by atomic mass is 10.2. The zero-order valence-corrected chi connectivity index (χ0v) is 12.8. The molecule has 21 heavy (non-hydrogen) atoms. The van der Waals surface area contributed by atoms with E-state index in [1.807, 2.05) is 19.1 Å². The molecule has 8 nitrogen and oxygen atoms in total. The zero-order valence-electron chi connectivity index (χ0n) is 11.3. The van der Waals surface area contributed by atoms with Crippen LogP contribution in [0.2, 0.25) is 0 Å². The molecule has 0 bridgehead atoms. The Hall–Kier alpha value is -2.26. The standard InChI is InChI=1S/C12H12BrN5O3/c1-6-3-4-9(8(13)5-6)21-11-10(18(19)20)7(2)15-12(16-11)17-14/h3-5H,14H2,1-2H3,(H,15,16,17). The van der Waals surface area contributed by atoms with E-state index >= 15 is 0 Å². The second-order valence-electron chi connectivity index (χ2n) is 4.22. The molecular weight excluding hydrogens is 342 g/mol. The average molecular weight is 354 g/mol. The third kappa shape index (κ3) is 3.26. The number of rotatable bonds is 4. The number of nitrogen functional groups attached to an aromatic ring is 1. The fraction of sp³-hybridized carbons (Fsp3) is 0.167. The number of benzene rings is 1. The topological polar surface area (TPSA) is 116 Å². The number of aryl methyl sites for hydroxylation is 2. The first-order valence-electron chi connectivity index (χ1n) is 5.86. The van der Waals surface area contributed by atoms with E-state index in [4.69, 9.17) is 10.6 Å². The van der Waals surface area contributed by atoms with E-state index in [2.05, 4.69) is 31.3 Å². The zero-order chi connectivity index (χ0) is 15.6. The number of halogens is 1. The van der Waals surface area contributed by atoms with Gasteiger partial charge < -0.3 is 4.74 Å². The predicted molar refractivity (Wildman–Crippen MR) is 80.2 cm³/mol. The lowest BCUT2D eigenvalue weighted by Gasteiger charge is -2.10. The van der Waals surface area contributed by atoms with Crippen molar-refractivity contribution in [1.82, 2.24) is 9.97 Å². The number of hydrogen-bond donors (Lipinski definition) is 2. The van der Waals surface area contributed by atoms with Crippen molar-refractivity contribution in [1.29, 1.82) is 0 Å². The fourth-order valence-corrected chi connectivity index (χ4v) is 2.25. The smallest absolute Gasteiger partial charge is 0.352 e. The number of nitro groups is 1. The van der Waals surface area contributed by atoms with Crippen LogP contribution in [-0.4, -0.2) is 14.9 Å². The molecule has 0 radical (unpaired) electrons. The minimum absolute atomic E-state index is 0.0383. The van der Waals surface area contributed by atoms with Crippen LogP contribution in [0.25, 0.3) is 0 Å². The molecule has 9 heteroatoms. The summed E-state index contributed by atoms with van der Waals surface area (Å²) in [5, 5.41) is 11.2. The maximum absolute atomic E-state index is 11.2. The summed E-state index contributed by atoms with van der Waals surface area (Å²) in [6.07, 6.45) is 0. The lowest BCUT2D eigenvalue weighted by molar-refractivity contribution is -0.386. The van der Waals surface area contributed by atoms with Crippen LogP contribution in [0.15, 0.2) is 22.7 Å². The molecule has 0 saturated carbocycles. The van der Waals surface area contributed by atoms with E-state index < -0.39 is 4.92 Å². The fourth-order valence-electron chi connectivity index (χ4n) is 1.68. The summed E-state index contributed by atoms with van der Waals surface area (Å²) < 4.78 is 6.21. The largest absolute Gasteiger partial charge is 0.432 e. The Bertz CT molecular complexity index is 708. The van der Waals surface area contributed by atoms with Gasteiger partial charge in [0.1, 0.15) is 11.4 Å².